The van der Waals surface area contributed by atoms with E-state index in [1.54, 1.807) is 18.2 Å². The van der Waals surface area contributed by atoms with Gasteiger partial charge in [-0.1, -0.05) is 18.2 Å². The molecule has 1 aliphatic rings. The fraction of sp³-hybridized carbons (Fsp3) is 0.533. The van der Waals surface area contributed by atoms with E-state index in [4.69, 9.17) is 0 Å². The first kappa shape index (κ1) is 14.0. The molecule has 0 bridgehead atoms. The average molecular weight is 265 g/mol. The predicted octanol–water partition coefficient (Wildman–Crippen LogP) is 2.03. The summed E-state index contributed by atoms with van der Waals surface area (Å²) in [4.78, 5) is 12.0. The lowest BCUT2D eigenvalue weighted by Crippen LogP contribution is -2.40. The van der Waals surface area contributed by atoms with E-state index in [9.17, 15) is 14.3 Å². The van der Waals surface area contributed by atoms with E-state index in [2.05, 4.69) is 5.32 Å². The summed E-state index contributed by atoms with van der Waals surface area (Å²) < 4.78 is 13.5. The van der Waals surface area contributed by atoms with Crippen molar-refractivity contribution in [3.8, 4) is 0 Å². The first-order valence-electron chi connectivity index (χ1n) is 6.79. The molecule has 1 aromatic rings. The molecule has 3 atom stereocenters. The minimum atomic E-state index is -0.527. The minimum Gasteiger partial charge on any atom is -0.392 e. The van der Waals surface area contributed by atoms with Crippen molar-refractivity contribution in [1.82, 2.24) is 5.32 Å². The van der Waals surface area contributed by atoms with Gasteiger partial charge in [0.1, 0.15) is 5.82 Å². The second-order valence-corrected chi connectivity index (χ2v) is 5.31. The SMILES string of the molecule is CC(Cc1ccccc1F)NC(=O)C1CCCC1O. The van der Waals surface area contributed by atoms with Gasteiger partial charge < -0.3 is 10.4 Å². The van der Waals surface area contributed by atoms with Gasteiger partial charge in [0.15, 0.2) is 0 Å². The predicted molar refractivity (Wildman–Crippen MR) is 71.1 cm³/mol. The van der Waals surface area contributed by atoms with E-state index in [1.165, 1.54) is 6.07 Å². The van der Waals surface area contributed by atoms with Gasteiger partial charge in [-0.2, -0.15) is 0 Å². The molecule has 0 aromatic heterocycles. The number of carbonyl (C=O) groups excluding carboxylic acids is 1. The Morgan fingerprint density at radius 1 is 1.47 bits per heavy atom. The topological polar surface area (TPSA) is 49.3 Å². The molecule has 3 nitrogen and oxygen atoms in total. The molecule has 1 amide bonds. The van der Waals surface area contributed by atoms with E-state index < -0.39 is 6.10 Å². The van der Waals surface area contributed by atoms with Crippen LogP contribution < -0.4 is 5.32 Å². The summed E-state index contributed by atoms with van der Waals surface area (Å²) in [6, 6.07) is 6.44. The Kier molecular flexibility index (Phi) is 4.53. The van der Waals surface area contributed by atoms with Crippen LogP contribution in [0.1, 0.15) is 31.7 Å². The molecule has 1 aliphatic carbocycles. The molecule has 3 unspecified atom stereocenters. The maximum atomic E-state index is 13.5. The highest BCUT2D eigenvalue weighted by molar-refractivity contribution is 5.79. The smallest absolute Gasteiger partial charge is 0.225 e. The Labute approximate surface area is 112 Å². The molecule has 19 heavy (non-hydrogen) atoms. The average Bonchev–Trinajstić information content (AvgIpc) is 2.78. The highest BCUT2D eigenvalue weighted by Crippen LogP contribution is 2.25. The first-order chi connectivity index (χ1) is 9.08. The molecule has 0 heterocycles. The molecule has 2 rings (SSSR count). The summed E-state index contributed by atoms with van der Waals surface area (Å²) >= 11 is 0. The summed E-state index contributed by atoms with van der Waals surface area (Å²) in [6.07, 6.45) is 2.25. The fourth-order valence-electron chi connectivity index (χ4n) is 2.64. The number of hydrogen-bond acceptors (Lipinski definition) is 2. The van der Waals surface area contributed by atoms with Gasteiger partial charge in [-0.25, -0.2) is 4.39 Å². The zero-order valence-corrected chi connectivity index (χ0v) is 11.1. The van der Waals surface area contributed by atoms with Crippen LogP contribution in [0.5, 0.6) is 0 Å². The van der Waals surface area contributed by atoms with Crippen molar-refractivity contribution in [1.29, 1.82) is 0 Å². The molecule has 0 saturated heterocycles. The number of halogens is 1. The molecule has 1 fully saturated rings. The van der Waals surface area contributed by atoms with E-state index in [-0.39, 0.29) is 23.7 Å². The van der Waals surface area contributed by atoms with Gasteiger partial charge in [0.25, 0.3) is 0 Å². The summed E-state index contributed by atoms with van der Waals surface area (Å²) in [5, 5.41) is 12.5. The van der Waals surface area contributed by atoms with Gasteiger partial charge in [0, 0.05) is 6.04 Å². The van der Waals surface area contributed by atoms with Crippen LogP contribution in [0.2, 0.25) is 0 Å². The van der Waals surface area contributed by atoms with Crippen LogP contribution in [0.4, 0.5) is 4.39 Å². The van der Waals surface area contributed by atoms with Crippen molar-refractivity contribution in [2.45, 2.75) is 44.8 Å². The summed E-state index contributed by atoms with van der Waals surface area (Å²) in [7, 11) is 0. The van der Waals surface area contributed by atoms with Crippen molar-refractivity contribution in [3.05, 3.63) is 35.6 Å². The van der Waals surface area contributed by atoms with Gasteiger partial charge in [-0.15, -0.1) is 0 Å². The van der Waals surface area contributed by atoms with E-state index in [1.807, 2.05) is 6.92 Å². The van der Waals surface area contributed by atoms with Gasteiger partial charge in [-0.3, -0.25) is 4.79 Å². The Balaban J connectivity index is 1.89. The number of amides is 1. The lowest BCUT2D eigenvalue weighted by atomic mass is 10.0. The molecule has 0 spiro atoms. The van der Waals surface area contributed by atoms with Crippen molar-refractivity contribution in [3.63, 3.8) is 0 Å². The van der Waals surface area contributed by atoms with Crippen molar-refractivity contribution in [2.24, 2.45) is 5.92 Å². The van der Waals surface area contributed by atoms with Gasteiger partial charge in [0.2, 0.25) is 5.91 Å². The summed E-state index contributed by atoms with van der Waals surface area (Å²) in [6.45, 7) is 1.85. The number of carbonyl (C=O) groups is 1. The quantitative estimate of drug-likeness (QED) is 0.875. The van der Waals surface area contributed by atoms with Gasteiger partial charge >= 0.3 is 0 Å². The maximum absolute atomic E-state index is 13.5. The lowest BCUT2D eigenvalue weighted by molar-refractivity contribution is -0.128. The zero-order chi connectivity index (χ0) is 13.8. The Morgan fingerprint density at radius 2 is 2.21 bits per heavy atom. The van der Waals surface area contributed by atoms with Crippen molar-refractivity contribution in [2.75, 3.05) is 0 Å². The van der Waals surface area contributed by atoms with Crippen LogP contribution in [0.25, 0.3) is 0 Å². The third kappa shape index (κ3) is 3.53. The minimum absolute atomic E-state index is 0.117. The highest BCUT2D eigenvalue weighted by Gasteiger charge is 2.31. The number of aliphatic hydroxyl groups excluding tert-OH is 1. The van der Waals surface area contributed by atoms with Crippen molar-refractivity contribution >= 4 is 5.91 Å². The molecule has 0 aliphatic heterocycles. The second-order valence-electron chi connectivity index (χ2n) is 5.31. The lowest BCUT2D eigenvalue weighted by Gasteiger charge is -2.19. The van der Waals surface area contributed by atoms with Crippen LogP contribution >= 0.6 is 0 Å². The summed E-state index contributed by atoms with van der Waals surface area (Å²) in [5.74, 6) is -0.665. The molecular weight excluding hydrogens is 245 g/mol. The van der Waals surface area contributed by atoms with E-state index >= 15 is 0 Å². The monoisotopic (exact) mass is 265 g/mol. The summed E-state index contributed by atoms with van der Waals surface area (Å²) in [5.41, 5.74) is 0.599. The highest BCUT2D eigenvalue weighted by atomic mass is 19.1. The van der Waals surface area contributed by atoms with Crippen molar-refractivity contribution < 1.29 is 14.3 Å². The van der Waals surface area contributed by atoms with E-state index in [0.717, 1.165) is 12.8 Å². The molecule has 0 radical (unpaired) electrons. The van der Waals surface area contributed by atoms with Crippen LogP contribution in [0.3, 0.4) is 0 Å². The third-order valence-corrected chi connectivity index (χ3v) is 3.69. The van der Waals surface area contributed by atoms with Crippen LogP contribution in [-0.4, -0.2) is 23.2 Å². The Bertz CT molecular complexity index is 450. The normalized spacial score (nSPS) is 24.2. The zero-order valence-electron chi connectivity index (χ0n) is 11.1. The molecule has 104 valence electrons. The van der Waals surface area contributed by atoms with E-state index in [0.29, 0.717) is 18.4 Å². The maximum Gasteiger partial charge on any atom is 0.225 e. The number of benzene rings is 1. The van der Waals surface area contributed by atoms with Gasteiger partial charge in [-0.05, 0) is 44.2 Å². The largest absolute Gasteiger partial charge is 0.392 e. The number of hydrogen-bond donors (Lipinski definition) is 2. The second kappa shape index (κ2) is 6.15. The number of aliphatic hydroxyl groups is 1. The molecule has 1 saturated carbocycles. The molecular formula is C15H20FNO2. The standard InChI is InChI=1S/C15H20FNO2/c1-10(9-11-5-2-3-7-13(11)16)17-15(19)12-6-4-8-14(12)18/h2-3,5,7,10,12,14,18H,4,6,8-9H2,1H3,(H,17,19). The Morgan fingerprint density at radius 3 is 2.84 bits per heavy atom. The molecule has 2 N–H and O–H groups in total. The Hall–Kier alpha value is -1.42. The number of rotatable bonds is 4. The van der Waals surface area contributed by atoms with Crippen LogP contribution in [0.15, 0.2) is 24.3 Å². The van der Waals surface area contributed by atoms with Gasteiger partial charge in [0.05, 0.1) is 12.0 Å². The fourth-order valence-corrected chi connectivity index (χ4v) is 2.64. The molecule has 4 heteroatoms. The van der Waals surface area contributed by atoms with Crippen LogP contribution in [0, 0.1) is 11.7 Å². The van der Waals surface area contributed by atoms with Crippen LogP contribution in [-0.2, 0) is 11.2 Å². The number of nitrogens with one attached hydrogen (secondary N) is 1. The third-order valence-electron chi connectivity index (χ3n) is 3.69. The molecule has 1 aromatic carbocycles. The first-order valence-corrected chi connectivity index (χ1v) is 6.79.